The number of anilines is 2. The third-order valence-electron chi connectivity index (χ3n) is 3.40. The number of nitrogens with zero attached hydrogens (tertiary/aromatic N) is 1. The van der Waals surface area contributed by atoms with Gasteiger partial charge in [0.25, 0.3) is 5.91 Å². The molecule has 1 saturated heterocycles. The Labute approximate surface area is 107 Å². The molecule has 1 aromatic carbocycles. The van der Waals surface area contributed by atoms with Crippen molar-refractivity contribution in [1.82, 2.24) is 0 Å². The summed E-state index contributed by atoms with van der Waals surface area (Å²) in [5.74, 6) is -0.439. The van der Waals surface area contributed by atoms with Gasteiger partial charge in [0.05, 0.1) is 11.7 Å². The van der Waals surface area contributed by atoms with Crippen LogP contribution >= 0.6 is 0 Å². The van der Waals surface area contributed by atoms with Crippen molar-refractivity contribution in [3.8, 4) is 0 Å². The number of ether oxygens (including phenoxy) is 1. The average Bonchev–Trinajstić information content (AvgIpc) is 2.39. The topological polar surface area (TPSA) is 81.6 Å². The molecule has 18 heavy (non-hydrogen) atoms. The van der Waals surface area contributed by atoms with Gasteiger partial charge in [-0.05, 0) is 31.0 Å². The van der Waals surface area contributed by atoms with E-state index in [2.05, 4.69) is 4.90 Å². The predicted octanol–water partition coefficient (Wildman–Crippen LogP) is 0.983. The Morgan fingerprint density at radius 3 is 2.61 bits per heavy atom. The van der Waals surface area contributed by atoms with Crippen LogP contribution in [0.4, 0.5) is 11.4 Å². The number of piperidine rings is 1. The summed E-state index contributed by atoms with van der Waals surface area (Å²) in [6.45, 7) is 1.73. The SMILES string of the molecule is COC1CCN(c2ccc(N)cc2C(N)=O)CC1. The molecule has 0 radical (unpaired) electrons. The van der Waals surface area contributed by atoms with Crippen molar-refractivity contribution in [3.05, 3.63) is 23.8 Å². The number of carbonyl (C=O) groups excluding carboxylic acids is 1. The normalized spacial score (nSPS) is 16.8. The molecule has 0 aromatic heterocycles. The van der Waals surface area contributed by atoms with Gasteiger partial charge in [-0.15, -0.1) is 0 Å². The maximum atomic E-state index is 11.5. The van der Waals surface area contributed by atoms with Crippen molar-refractivity contribution in [1.29, 1.82) is 0 Å². The quantitative estimate of drug-likeness (QED) is 0.782. The first-order chi connectivity index (χ1) is 8.61. The molecule has 1 amide bonds. The van der Waals surface area contributed by atoms with E-state index in [0.29, 0.717) is 17.4 Å². The van der Waals surface area contributed by atoms with Gasteiger partial charge in [-0.2, -0.15) is 0 Å². The second kappa shape index (κ2) is 5.27. The molecule has 0 aliphatic carbocycles. The molecule has 1 aromatic rings. The summed E-state index contributed by atoms with van der Waals surface area (Å²) < 4.78 is 5.33. The molecule has 0 unspecified atom stereocenters. The van der Waals surface area contributed by atoms with E-state index < -0.39 is 5.91 Å². The number of primary amides is 1. The number of hydrogen-bond acceptors (Lipinski definition) is 4. The summed E-state index contributed by atoms with van der Waals surface area (Å²) in [4.78, 5) is 13.6. The fraction of sp³-hybridized carbons (Fsp3) is 0.462. The zero-order valence-electron chi connectivity index (χ0n) is 10.6. The van der Waals surface area contributed by atoms with Gasteiger partial charge in [-0.1, -0.05) is 0 Å². The van der Waals surface area contributed by atoms with Crippen LogP contribution in [0.5, 0.6) is 0 Å². The van der Waals surface area contributed by atoms with Gasteiger partial charge in [0, 0.05) is 31.6 Å². The Bertz CT molecular complexity index is 440. The van der Waals surface area contributed by atoms with Gasteiger partial charge in [-0.3, -0.25) is 4.79 Å². The maximum Gasteiger partial charge on any atom is 0.250 e. The highest BCUT2D eigenvalue weighted by Gasteiger charge is 2.22. The first-order valence-corrected chi connectivity index (χ1v) is 6.09. The lowest BCUT2D eigenvalue weighted by Crippen LogP contribution is -2.37. The van der Waals surface area contributed by atoms with E-state index >= 15 is 0 Å². The lowest BCUT2D eigenvalue weighted by atomic mass is 10.0. The molecule has 1 aliphatic heterocycles. The number of methoxy groups -OCH3 is 1. The molecule has 1 heterocycles. The summed E-state index contributed by atoms with van der Waals surface area (Å²) in [5, 5.41) is 0. The molecule has 0 atom stereocenters. The minimum absolute atomic E-state index is 0.312. The molecule has 98 valence electrons. The lowest BCUT2D eigenvalue weighted by Gasteiger charge is -2.33. The third-order valence-corrected chi connectivity index (χ3v) is 3.40. The van der Waals surface area contributed by atoms with Gasteiger partial charge < -0.3 is 21.1 Å². The second-order valence-corrected chi connectivity index (χ2v) is 4.56. The molecule has 1 aliphatic rings. The zero-order chi connectivity index (χ0) is 13.1. The second-order valence-electron chi connectivity index (χ2n) is 4.56. The number of nitrogen functional groups attached to an aromatic ring is 1. The Morgan fingerprint density at radius 1 is 1.39 bits per heavy atom. The number of nitrogens with two attached hydrogens (primary N) is 2. The van der Waals surface area contributed by atoms with E-state index in [4.69, 9.17) is 16.2 Å². The molecule has 4 N–H and O–H groups in total. The van der Waals surface area contributed by atoms with Crippen molar-refractivity contribution in [3.63, 3.8) is 0 Å². The minimum atomic E-state index is -0.439. The summed E-state index contributed by atoms with van der Waals surface area (Å²) >= 11 is 0. The van der Waals surface area contributed by atoms with Crippen molar-refractivity contribution >= 4 is 17.3 Å². The fourth-order valence-electron chi connectivity index (χ4n) is 2.36. The molecule has 2 rings (SSSR count). The largest absolute Gasteiger partial charge is 0.399 e. The van der Waals surface area contributed by atoms with Crippen molar-refractivity contribution in [2.75, 3.05) is 30.8 Å². The smallest absolute Gasteiger partial charge is 0.250 e. The Hall–Kier alpha value is -1.75. The molecule has 5 heteroatoms. The fourth-order valence-corrected chi connectivity index (χ4v) is 2.36. The van der Waals surface area contributed by atoms with Gasteiger partial charge in [-0.25, -0.2) is 0 Å². The van der Waals surface area contributed by atoms with Crippen molar-refractivity contribution in [2.45, 2.75) is 18.9 Å². The van der Waals surface area contributed by atoms with E-state index in [-0.39, 0.29) is 0 Å². The number of benzene rings is 1. The summed E-state index contributed by atoms with van der Waals surface area (Å²) in [7, 11) is 1.73. The predicted molar refractivity (Wildman–Crippen MR) is 71.6 cm³/mol. The van der Waals surface area contributed by atoms with Crippen molar-refractivity contribution in [2.24, 2.45) is 5.73 Å². The molecule has 5 nitrogen and oxygen atoms in total. The first kappa shape index (κ1) is 12.7. The maximum absolute atomic E-state index is 11.5. The van der Waals surface area contributed by atoms with Crippen LogP contribution in [-0.4, -0.2) is 32.2 Å². The Kier molecular flexibility index (Phi) is 3.72. The van der Waals surface area contributed by atoms with Crippen LogP contribution in [0, 0.1) is 0 Å². The van der Waals surface area contributed by atoms with E-state index in [1.54, 1.807) is 19.2 Å². The number of rotatable bonds is 3. The van der Waals surface area contributed by atoms with Crippen LogP contribution in [0.25, 0.3) is 0 Å². The molecule has 1 fully saturated rings. The van der Waals surface area contributed by atoms with Crippen LogP contribution in [0.1, 0.15) is 23.2 Å². The monoisotopic (exact) mass is 249 g/mol. The zero-order valence-corrected chi connectivity index (χ0v) is 10.6. The van der Waals surface area contributed by atoms with E-state index in [0.717, 1.165) is 31.6 Å². The van der Waals surface area contributed by atoms with Crippen LogP contribution < -0.4 is 16.4 Å². The van der Waals surface area contributed by atoms with Crippen LogP contribution in [0.2, 0.25) is 0 Å². The highest BCUT2D eigenvalue weighted by atomic mass is 16.5. The molecular weight excluding hydrogens is 230 g/mol. The standard InChI is InChI=1S/C13H19N3O2/c1-18-10-4-6-16(7-5-10)12-3-2-9(14)8-11(12)13(15)17/h2-3,8,10H,4-7,14H2,1H3,(H2,15,17). The summed E-state index contributed by atoms with van der Waals surface area (Å²) in [6, 6.07) is 5.30. The Balaban J connectivity index is 2.21. The first-order valence-electron chi connectivity index (χ1n) is 6.09. The van der Waals surface area contributed by atoms with Gasteiger partial charge in [0.2, 0.25) is 0 Å². The van der Waals surface area contributed by atoms with Gasteiger partial charge in [0.15, 0.2) is 0 Å². The number of carbonyl (C=O) groups is 1. The minimum Gasteiger partial charge on any atom is -0.399 e. The van der Waals surface area contributed by atoms with Crippen molar-refractivity contribution < 1.29 is 9.53 Å². The van der Waals surface area contributed by atoms with Gasteiger partial charge in [0.1, 0.15) is 0 Å². The molecule has 0 saturated carbocycles. The highest BCUT2D eigenvalue weighted by molar-refractivity contribution is 5.99. The summed E-state index contributed by atoms with van der Waals surface area (Å²) in [6.07, 6.45) is 2.23. The third kappa shape index (κ3) is 2.56. The highest BCUT2D eigenvalue weighted by Crippen LogP contribution is 2.26. The van der Waals surface area contributed by atoms with Crippen LogP contribution in [0.3, 0.4) is 0 Å². The number of hydrogen-bond donors (Lipinski definition) is 2. The van der Waals surface area contributed by atoms with Crippen LogP contribution in [-0.2, 0) is 4.74 Å². The summed E-state index contributed by atoms with van der Waals surface area (Å²) in [5.41, 5.74) is 13.0. The Morgan fingerprint density at radius 2 is 2.06 bits per heavy atom. The van der Waals surface area contributed by atoms with E-state index in [1.165, 1.54) is 0 Å². The lowest BCUT2D eigenvalue weighted by molar-refractivity contribution is 0.0818. The van der Waals surface area contributed by atoms with E-state index in [9.17, 15) is 4.79 Å². The molecule has 0 bridgehead atoms. The number of amides is 1. The molecule has 0 spiro atoms. The average molecular weight is 249 g/mol. The van der Waals surface area contributed by atoms with Crippen LogP contribution in [0.15, 0.2) is 18.2 Å². The molecular formula is C13H19N3O2. The van der Waals surface area contributed by atoms with E-state index in [1.807, 2.05) is 6.07 Å². The van der Waals surface area contributed by atoms with Gasteiger partial charge >= 0.3 is 0 Å².